The minimum atomic E-state index is 0.101. The smallest absolute Gasteiger partial charge is 0.254 e. The Hall–Kier alpha value is -3.01. The summed E-state index contributed by atoms with van der Waals surface area (Å²) in [4.78, 5) is 24.2. The molecule has 29 heavy (non-hydrogen) atoms. The second kappa shape index (κ2) is 8.99. The molecule has 0 N–H and O–H groups in total. The Morgan fingerprint density at radius 1 is 1.03 bits per heavy atom. The highest BCUT2D eigenvalue weighted by Gasteiger charge is 2.26. The second-order valence-electron chi connectivity index (χ2n) is 7.88. The molecule has 0 atom stereocenters. The van der Waals surface area contributed by atoms with Gasteiger partial charge in [0, 0.05) is 42.3 Å². The van der Waals surface area contributed by atoms with E-state index in [1.165, 1.54) is 24.8 Å². The number of carbonyl (C=O) groups excluding carboxylic acids is 1. The van der Waals surface area contributed by atoms with Gasteiger partial charge in [0.25, 0.3) is 5.91 Å². The van der Waals surface area contributed by atoms with Gasteiger partial charge in [0.1, 0.15) is 0 Å². The molecule has 0 saturated heterocycles. The van der Waals surface area contributed by atoms with Gasteiger partial charge in [-0.15, -0.1) is 0 Å². The van der Waals surface area contributed by atoms with Crippen molar-refractivity contribution in [2.75, 3.05) is 0 Å². The van der Waals surface area contributed by atoms with Crippen molar-refractivity contribution in [2.45, 2.75) is 51.6 Å². The molecule has 0 unspecified atom stereocenters. The van der Waals surface area contributed by atoms with Crippen molar-refractivity contribution in [1.82, 2.24) is 14.9 Å². The van der Waals surface area contributed by atoms with Gasteiger partial charge in [0.2, 0.25) is 0 Å². The number of carbonyl (C=O) groups is 1. The lowest BCUT2D eigenvalue weighted by molar-refractivity contribution is 0.0614. The summed E-state index contributed by atoms with van der Waals surface area (Å²) in [5.74, 6) is 0.101. The molecule has 0 bridgehead atoms. The van der Waals surface area contributed by atoms with Crippen LogP contribution in [-0.4, -0.2) is 26.8 Å². The molecule has 1 aromatic carbocycles. The molecule has 1 aliphatic carbocycles. The van der Waals surface area contributed by atoms with Gasteiger partial charge in [-0.05, 0) is 61.2 Å². The molecule has 1 fully saturated rings. The average molecular weight is 386 g/mol. The van der Waals surface area contributed by atoms with E-state index in [9.17, 15) is 4.79 Å². The van der Waals surface area contributed by atoms with E-state index in [-0.39, 0.29) is 5.91 Å². The molecule has 1 amide bonds. The molecule has 0 radical (unpaired) electrons. The number of rotatable bonds is 5. The lowest BCUT2D eigenvalue weighted by atomic mass is 9.93. The van der Waals surface area contributed by atoms with Crippen molar-refractivity contribution in [3.63, 3.8) is 0 Å². The van der Waals surface area contributed by atoms with Crippen LogP contribution in [0.2, 0.25) is 0 Å². The first kappa shape index (κ1) is 19.3. The first-order valence-electron chi connectivity index (χ1n) is 10.4. The minimum absolute atomic E-state index is 0.101. The third-order valence-electron chi connectivity index (χ3n) is 5.70. The zero-order valence-corrected chi connectivity index (χ0v) is 16.9. The van der Waals surface area contributed by atoms with Gasteiger partial charge in [-0.3, -0.25) is 14.8 Å². The highest BCUT2D eigenvalue weighted by atomic mass is 16.2. The van der Waals surface area contributed by atoms with Crippen LogP contribution >= 0.6 is 0 Å². The fraction of sp³-hybridized carbons (Fsp3) is 0.320. The number of aromatic nitrogens is 2. The predicted molar refractivity (Wildman–Crippen MR) is 115 cm³/mol. The van der Waals surface area contributed by atoms with E-state index in [1.54, 1.807) is 6.20 Å². The van der Waals surface area contributed by atoms with Crippen LogP contribution in [0.5, 0.6) is 0 Å². The van der Waals surface area contributed by atoms with Crippen molar-refractivity contribution in [3.05, 3.63) is 83.8 Å². The summed E-state index contributed by atoms with van der Waals surface area (Å²) in [5, 5.41) is 0. The number of nitrogens with zero attached hydrogens (tertiary/aromatic N) is 3. The van der Waals surface area contributed by atoms with Crippen LogP contribution in [0, 0.1) is 6.92 Å². The average Bonchev–Trinajstić information content (AvgIpc) is 2.78. The van der Waals surface area contributed by atoms with Crippen molar-refractivity contribution >= 4 is 5.91 Å². The maximum atomic E-state index is 13.4. The molecular weight excluding hydrogens is 358 g/mol. The van der Waals surface area contributed by atoms with Crippen LogP contribution in [0.1, 0.15) is 53.6 Å². The third-order valence-corrected chi connectivity index (χ3v) is 5.70. The SMILES string of the molecule is Cc1ccnc(-c2ccc(C(=O)N(Cc3cccnc3)C3CCCCC3)cc2)c1. The second-order valence-corrected chi connectivity index (χ2v) is 7.88. The van der Waals surface area contributed by atoms with E-state index in [4.69, 9.17) is 0 Å². The normalized spacial score (nSPS) is 14.5. The minimum Gasteiger partial charge on any atom is -0.331 e. The molecule has 4 heteroatoms. The largest absolute Gasteiger partial charge is 0.331 e. The lowest BCUT2D eigenvalue weighted by Crippen LogP contribution is -2.41. The van der Waals surface area contributed by atoms with Gasteiger partial charge in [0.05, 0.1) is 5.69 Å². The predicted octanol–water partition coefficient (Wildman–Crippen LogP) is 5.43. The zero-order chi connectivity index (χ0) is 20.1. The van der Waals surface area contributed by atoms with E-state index in [2.05, 4.69) is 27.9 Å². The number of aryl methyl sites for hydroxylation is 1. The first-order valence-corrected chi connectivity index (χ1v) is 10.4. The summed E-state index contributed by atoms with van der Waals surface area (Å²) in [6.45, 7) is 2.67. The lowest BCUT2D eigenvalue weighted by Gasteiger charge is -2.34. The van der Waals surface area contributed by atoms with E-state index >= 15 is 0 Å². The number of pyridine rings is 2. The van der Waals surface area contributed by atoms with Crippen LogP contribution in [0.3, 0.4) is 0 Å². The maximum Gasteiger partial charge on any atom is 0.254 e. The van der Waals surface area contributed by atoms with Gasteiger partial charge >= 0.3 is 0 Å². The Balaban J connectivity index is 1.57. The third kappa shape index (κ3) is 4.70. The summed E-state index contributed by atoms with van der Waals surface area (Å²) in [7, 11) is 0. The summed E-state index contributed by atoms with van der Waals surface area (Å²) in [6.07, 6.45) is 11.3. The van der Waals surface area contributed by atoms with Crippen molar-refractivity contribution in [2.24, 2.45) is 0 Å². The summed E-state index contributed by atoms with van der Waals surface area (Å²) < 4.78 is 0. The summed E-state index contributed by atoms with van der Waals surface area (Å²) in [5.41, 5.74) is 4.95. The van der Waals surface area contributed by atoms with Crippen molar-refractivity contribution in [1.29, 1.82) is 0 Å². The van der Waals surface area contributed by atoms with Gasteiger partial charge < -0.3 is 4.90 Å². The molecule has 2 heterocycles. The fourth-order valence-corrected chi connectivity index (χ4v) is 4.09. The highest BCUT2D eigenvalue weighted by molar-refractivity contribution is 5.95. The molecule has 2 aromatic heterocycles. The molecule has 0 spiro atoms. The van der Waals surface area contributed by atoms with E-state index < -0.39 is 0 Å². The van der Waals surface area contributed by atoms with E-state index in [0.717, 1.165) is 35.2 Å². The molecule has 3 aromatic rings. The van der Waals surface area contributed by atoms with Crippen LogP contribution in [0.25, 0.3) is 11.3 Å². The maximum absolute atomic E-state index is 13.4. The van der Waals surface area contributed by atoms with Gasteiger partial charge in [0.15, 0.2) is 0 Å². The first-order chi connectivity index (χ1) is 14.2. The fourth-order valence-electron chi connectivity index (χ4n) is 4.09. The molecule has 4 rings (SSSR count). The van der Waals surface area contributed by atoms with Gasteiger partial charge in [-0.25, -0.2) is 0 Å². The number of amides is 1. The van der Waals surface area contributed by atoms with Crippen LogP contribution in [0.4, 0.5) is 0 Å². The Labute approximate surface area is 172 Å². The topological polar surface area (TPSA) is 46.1 Å². The van der Waals surface area contributed by atoms with E-state index in [1.807, 2.05) is 54.9 Å². The zero-order valence-electron chi connectivity index (χ0n) is 16.9. The highest BCUT2D eigenvalue weighted by Crippen LogP contribution is 2.26. The summed E-state index contributed by atoms with van der Waals surface area (Å²) in [6, 6.07) is 16.2. The van der Waals surface area contributed by atoms with Gasteiger partial charge in [-0.1, -0.05) is 37.5 Å². The molecular formula is C25H27N3O. The Bertz CT molecular complexity index is 947. The number of benzene rings is 1. The Morgan fingerprint density at radius 3 is 2.52 bits per heavy atom. The molecule has 1 saturated carbocycles. The van der Waals surface area contributed by atoms with Crippen LogP contribution in [-0.2, 0) is 6.54 Å². The molecule has 1 aliphatic rings. The van der Waals surface area contributed by atoms with Gasteiger partial charge in [-0.2, -0.15) is 0 Å². The molecule has 0 aliphatic heterocycles. The van der Waals surface area contributed by atoms with Crippen LogP contribution in [0.15, 0.2) is 67.1 Å². The number of hydrogen-bond acceptors (Lipinski definition) is 3. The molecule has 148 valence electrons. The molecule has 4 nitrogen and oxygen atoms in total. The Morgan fingerprint density at radius 2 is 1.83 bits per heavy atom. The van der Waals surface area contributed by atoms with Crippen molar-refractivity contribution < 1.29 is 4.79 Å². The Kier molecular flexibility index (Phi) is 5.99. The van der Waals surface area contributed by atoms with Crippen molar-refractivity contribution in [3.8, 4) is 11.3 Å². The van der Waals surface area contributed by atoms with Crippen LogP contribution < -0.4 is 0 Å². The monoisotopic (exact) mass is 385 g/mol. The number of hydrogen-bond donors (Lipinski definition) is 0. The summed E-state index contributed by atoms with van der Waals surface area (Å²) >= 11 is 0. The quantitative estimate of drug-likeness (QED) is 0.588. The standard InChI is InChI=1S/C25H27N3O/c1-19-13-15-27-24(16-19)21-9-11-22(12-10-21)25(29)28(23-7-3-2-4-8-23)18-20-6-5-14-26-17-20/h5-6,9-17,23H,2-4,7-8,18H2,1H3. The van der Waals surface area contributed by atoms with E-state index in [0.29, 0.717) is 12.6 Å².